The average molecular weight is 421 g/mol. The first-order valence-corrected chi connectivity index (χ1v) is 10.4. The van der Waals surface area contributed by atoms with Crippen LogP contribution in [0.25, 0.3) is 6.08 Å². The zero-order valence-corrected chi connectivity index (χ0v) is 16.9. The summed E-state index contributed by atoms with van der Waals surface area (Å²) in [4.78, 5) is 12.4. The Morgan fingerprint density at radius 1 is 1.00 bits per heavy atom. The summed E-state index contributed by atoms with van der Waals surface area (Å²) < 4.78 is 22.6. The van der Waals surface area contributed by atoms with E-state index in [0.717, 1.165) is 11.1 Å². The highest BCUT2D eigenvalue weighted by Gasteiger charge is 2.09. The van der Waals surface area contributed by atoms with Gasteiger partial charge in [-0.15, -0.1) is 5.11 Å². The number of nitrogens with zero attached hydrogens (tertiary/aromatic N) is 2. The predicted molar refractivity (Wildman–Crippen MR) is 115 cm³/mol. The van der Waals surface area contributed by atoms with Crippen molar-refractivity contribution < 1.29 is 18.3 Å². The van der Waals surface area contributed by atoms with Crippen molar-refractivity contribution in [1.82, 2.24) is 0 Å². The minimum absolute atomic E-state index is 0.0441. The molecule has 0 amide bonds. The van der Waals surface area contributed by atoms with Gasteiger partial charge in [0.25, 0.3) is 0 Å². The zero-order valence-electron chi connectivity index (χ0n) is 16.1. The first-order valence-electron chi connectivity index (χ1n) is 8.90. The number of aryl methyl sites for hydroxylation is 1. The van der Waals surface area contributed by atoms with Crippen LogP contribution in [0.2, 0.25) is 0 Å². The summed E-state index contributed by atoms with van der Waals surface area (Å²) in [5.41, 5.74) is 2.80. The fourth-order valence-corrected chi connectivity index (χ4v) is 3.12. The third kappa shape index (κ3) is 5.25. The number of hydrogen-bond acceptors (Lipinski definition) is 6. The van der Waals surface area contributed by atoms with Crippen molar-refractivity contribution in [2.75, 3.05) is 0 Å². The van der Waals surface area contributed by atoms with E-state index in [-0.39, 0.29) is 22.1 Å². The van der Waals surface area contributed by atoms with Crippen LogP contribution in [0.15, 0.2) is 87.9 Å². The van der Waals surface area contributed by atoms with E-state index in [1.54, 1.807) is 6.08 Å². The average Bonchev–Trinajstić information content (AvgIpc) is 2.72. The third-order valence-electron chi connectivity index (χ3n) is 4.30. The molecule has 8 heteroatoms. The summed E-state index contributed by atoms with van der Waals surface area (Å²) in [7, 11) is -3.79. The van der Waals surface area contributed by atoms with E-state index in [1.165, 1.54) is 48.5 Å². The molecule has 0 unspecified atom stereocenters. The van der Waals surface area contributed by atoms with Gasteiger partial charge < -0.3 is 5.11 Å². The molecule has 0 spiro atoms. The standard InChI is InChI=1S/C22H19N3O4S/c1-15-4-2-3-5-16(15)6-12-21(26)17-7-13-22(27)20(14-17)25-24-18-8-10-19(11-9-18)30(23,28)29/h2-14,27H,1H3,(H2,23,28,29)/b12-6+,25-24?. The molecule has 0 saturated carbocycles. The summed E-state index contributed by atoms with van der Waals surface area (Å²) in [5, 5.41) is 23.0. The Kier molecular flexibility index (Phi) is 6.20. The highest BCUT2D eigenvalue weighted by atomic mass is 32.2. The van der Waals surface area contributed by atoms with Gasteiger partial charge in [-0.25, -0.2) is 13.6 Å². The van der Waals surface area contributed by atoms with Crippen LogP contribution in [0.5, 0.6) is 5.75 Å². The molecule has 0 radical (unpaired) electrons. The minimum atomic E-state index is -3.79. The number of phenolic OH excluding ortho intramolecular Hbond substituents is 1. The number of ketones is 1. The quantitative estimate of drug-likeness (QED) is 0.341. The van der Waals surface area contributed by atoms with Crippen molar-refractivity contribution in [2.45, 2.75) is 11.8 Å². The van der Waals surface area contributed by atoms with E-state index in [1.807, 2.05) is 31.2 Å². The number of nitrogens with two attached hydrogens (primary N) is 1. The van der Waals surface area contributed by atoms with E-state index >= 15 is 0 Å². The Labute approximate surface area is 174 Å². The van der Waals surface area contributed by atoms with E-state index in [2.05, 4.69) is 10.2 Å². The number of hydrogen-bond donors (Lipinski definition) is 2. The summed E-state index contributed by atoms with van der Waals surface area (Å²) >= 11 is 0. The van der Waals surface area contributed by atoms with Gasteiger partial charge in [-0.1, -0.05) is 30.3 Å². The molecule has 3 N–H and O–H groups in total. The Balaban J connectivity index is 1.80. The number of carbonyl (C=O) groups excluding carboxylic acids is 1. The second-order valence-electron chi connectivity index (χ2n) is 6.50. The molecule has 0 bridgehead atoms. The highest BCUT2D eigenvalue weighted by Crippen LogP contribution is 2.29. The molecule has 0 aromatic heterocycles. The van der Waals surface area contributed by atoms with Gasteiger partial charge in [0, 0.05) is 5.56 Å². The lowest BCUT2D eigenvalue weighted by atomic mass is 10.1. The van der Waals surface area contributed by atoms with Crippen molar-refractivity contribution in [3.8, 4) is 5.75 Å². The molecule has 0 heterocycles. The van der Waals surface area contributed by atoms with Gasteiger partial charge in [-0.2, -0.15) is 5.11 Å². The third-order valence-corrected chi connectivity index (χ3v) is 5.23. The Hall–Kier alpha value is -3.62. The Bertz CT molecular complexity index is 1250. The van der Waals surface area contributed by atoms with Crippen LogP contribution in [0.4, 0.5) is 11.4 Å². The second-order valence-corrected chi connectivity index (χ2v) is 8.06. The number of sulfonamides is 1. The van der Waals surface area contributed by atoms with Crippen molar-refractivity contribution >= 4 is 33.3 Å². The highest BCUT2D eigenvalue weighted by molar-refractivity contribution is 7.89. The van der Waals surface area contributed by atoms with Crippen LogP contribution < -0.4 is 5.14 Å². The topological polar surface area (TPSA) is 122 Å². The smallest absolute Gasteiger partial charge is 0.238 e. The summed E-state index contributed by atoms with van der Waals surface area (Å²) in [6.45, 7) is 1.96. The fourth-order valence-electron chi connectivity index (χ4n) is 2.61. The largest absolute Gasteiger partial charge is 0.506 e. The number of carbonyl (C=O) groups is 1. The number of phenols is 1. The van der Waals surface area contributed by atoms with Crippen molar-refractivity contribution in [1.29, 1.82) is 0 Å². The Morgan fingerprint density at radius 2 is 1.70 bits per heavy atom. The molecule has 0 aliphatic carbocycles. The molecule has 0 atom stereocenters. The maximum Gasteiger partial charge on any atom is 0.238 e. The van der Waals surface area contributed by atoms with Gasteiger partial charge in [-0.3, -0.25) is 4.79 Å². The molecule has 30 heavy (non-hydrogen) atoms. The molecule has 0 fully saturated rings. The molecule has 152 valence electrons. The molecule has 0 aliphatic rings. The molecule has 0 saturated heterocycles. The van der Waals surface area contributed by atoms with E-state index in [0.29, 0.717) is 11.3 Å². The van der Waals surface area contributed by atoms with Gasteiger partial charge in [0.15, 0.2) is 5.78 Å². The van der Waals surface area contributed by atoms with Crippen molar-refractivity contribution in [3.63, 3.8) is 0 Å². The van der Waals surface area contributed by atoms with Crippen molar-refractivity contribution in [2.24, 2.45) is 15.4 Å². The first kappa shape index (κ1) is 21.1. The monoisotopic (exact) mass is 421 g/mol. The van der Waals surface area contributed by atoms with Gasteiger partial charge in [-0.05, 0) is 66.6 Å². The second kappa shape index (κ2) is 8.81. The zero-order chi connectivity index (χ0) is 21.7. The SMILES string of the molecule is Cc1ccccc1/C=C/C(=O)c1ccc(O)c(N=Nc2ccc(S(N)(=O)=O)cc2)c1. The molecule has 3 aromatic rings. The number of rotatable bonds is 6. The Morgan fingerprint density at radius 3 is 2.37 bits per heavy atom. The maximum atomic E-state index is 12.5. The van der Waals surface area contributed by atoms with E-state index in [9.17, 15) is 18.3 Å². The lowest BCUT2D eigenvalue weighted by molar-refractivity contribution is 0.104. The molecular weight excluding hydrogens is 402 g/mol. The number of azo groups is 1. The fraction of sp³-hybridized carbons (Fsp3) is 0.0455. The number of primary sulfonamides is 1. The van der Waals surface area contributed by atoms with E-state index < -0.39 is 10.0 Å². The van der Waals surface area contributed by atoms with Crippen molar-refractivity contribution in [3.05, 3.63) is 89.5 Å². The van der Waals surface area contributed by atoms with Crippen LogP contribution in [0.3, 0.4) is 0 Å². The summed E-state index contributed by atoms with van der Waals surface area (Å²) in [6.07, 6.45) is 3.19. The molecular formula is C22H19N3O4S. The van der Waals surface area contributed by atoms with Crippen LogP contribution >= 0.6 is 0 Å². The number of allylic oxidation sites excluding steroid dienone is 1. The van der Waals surface area contributed by atoms with Crippen LogP contribution in [0, 0.1) is 6.92 Å². The lowest BCUT2D eigenvalue weighted by Gasteiger charge is -2.02. The molecule has 3 aromatic carbocycles. The minimum Gasteiger partial charge on any atom is -0.506 e. The van der Waals surface area contributed by atoms with Crippen LogP contribution in [-0.4, -0.2) is 19.3 Å². The van der Waals surface area contributed by atoms with Gasteiger partial charge in [0.05, 0.1) is 10.6 Å². The van der Waals surface area contributed by atoms with Gasteiger partial charge in [0.2, 0.25) is 10.0 Å². The number of aromatic hydroxyl groups is 1. The first-order chi connectivity index (χ1) is 14.2. The normalized spacial score (nSPS) is 11.9. The number of benzene rings is 3. The van der Waals surface area contributed by atoms with Crippen LogP contribution in [-0.2, 0) is 10.0 Å². The van der Waals surface area contributed by atoms with Gasteiger partial charge >= 0.3 is 0 Å². The summed E-state index contributed by atoms with van der Waals surface area (Å²) in [6, 6.07) is 17.5. The summed E-state index contributed by atoms with van der Waals surface area (Å²) in [5.74, 6) is -0.383. The lowest BCUT2D eigenvalue weighted by Crippen LogP contribution is -2.11. The molecule has 0 aliphatic heterocycles. The van der Waals surface area contributed by atoms with Crippen LogP contribution in [0.1, 0.15) is 21.5 Å². The van der Waals surface area contributed by atoms with E-state index in [4.69, 9.17) is 5.14 Å². The predicted octanol–water partition coefficient (Wildman–Crippen LogP) is 4.66. The maximum absolute atomic E-state index is 12.5. The molecule has 7 nitrogen and oxygen atoms in total. The van der Waals surface area contributed by atoms with Gasteiger partial charge in [0.1, 0.15) is 11.4 Å². The molecule has 3 rings (SSSR count).